The van der Waals surface area contributed by atoms with E-state index in [-0.39, 0.29) is 5.56 Å². The average molecular weight is 311 g/mol. The normalized spacial score (nSPS) is 14.7. The lowest BCUT2D eigenvalue weighted by molar-refractivity contribution is 0.0699. The van der Waals surface area contributed by atoms with Gasteiger partial charge in [-0.05, 0) is 25.7 Å². The third-order valence-electron chi connectivity index (χ3n) is 4.47. The van der Waals surface area contributed by atoms with Crippen LogP contribution in [-0.2, 0) is 19.9 Å². The Balaban J connectivity index is 1.89. The monoisotopic (exact) mass is 311 g/mol. The largest absolute Gasteiger partial charge is 0.478 e. The molecule has 0 aliphatic heterocycles. The minimum Gasteiger partial charge on any atom is -0.478 e. The van der Waals surface area contributed by atoms with E-state index in [0.29, 0.717) is 16.9 Å². The van der Waals surface area contributed by atoms with Crippen LogP contribution in [0.3, 0.4) is 0 Å². The lowest BCUT2D eigenvalue weighted by Crippen LogP contribution is -1.98. The molecule has 0 amide bonds. The minimum absolute atomic E-state index is 0.136. The molecule has 7 heteroatoms. The second-order valence-electron chi connectivity index (χ2n) is 5.92. The van der Waals surface area contributed by atoms with Gasteiger partial charge >= 0.3 is 5.97 Å². The fourth-order valence-electron chi connectivity index (χ4n) is 3.32. The molecule has 4 rings (SSSR count). The standard InChI is InChI=1S/C16H17N5O2/c1-21-12-6-4-2-3-5-9(12)13(20-21)11-8-18-15-14(19-11)10(7-17-15)16(22)23/h7-8H,2-6H2,1H3,(H,17,18)(H,22,23). The third-order valence-corrected chi connectivity index (χ3v) is 4.47. The van der Waals surface area contributed by atoms with Crippen molar-refractivity contribution in [3.63, 3.8) is 0 Å². The van der Waals surface area contributed by atoms with Gasteiger partial charge in [0, 0.05) is 24.5 Å². The molecule has 0 bridgehead atoms. The smallest absolute Gasteiger partial charge is 0.339 e. The predicted molar refractivity (Wildman–Crippen MR) is 84.3 cm³/mol. The number of carboxylic acid groups (broad SMARTS) is 1. The van der Waals surface area contributed by atoms with Gasteiger partial charge in [0.2, 0.25) is 0 Å². The Labute approximate surface area is 132 Å². The number of rotatable bonds is 2. The van der Waals surface area contributed by atoms with E-state index in [1.807, 2.05) is 11.7 Å². The van der Waals surface area contributed by atoms with E-state index in [0.717, 1.165) is 25.0 Å². The number of fused-ring (bicyclic) bond motifs is 2. The van der Waals surface area contributed by atoms with Crippen LogP contribution < -0.4 is 0 Å². The van der Waals surface area contributed by atoms with Crippen molar-refractivity contribution in [2.24, 2.45) is 7.05 Å². The number of aromatic carboxylic acids is 1. The molecule has 0 fully saturated rings. The van der Waals surface area contributed by atoms with Gasteiger partial charge in [-0.25, -0.2) is 14.8 Å². The van der Waals surface area contributed by atoms with Crippen LogP contribution in [0.4, 0.5) is 0 Å². The maximum atomic E-state index is 11.3. The van der Waals surface area contributed by atoms with Gasteiger partial charge < -0.3 is 10.1 Å². The SMILES string of the molecule is Cn1nc(-c2cnc3[nH]cc(C(=O)O)c3n2)c2c1CCCCC2. The lowest BCUT2D eigenvalue weighted by atomic mass is 10.1. The first-order chi connectivity index (χ1) is 11.1. The highest BCUT2D eigenvalue weighted by atomic mass is 16.4. The summed E-state index contributed by atoms with van der Waals surface area (Å²) in [7, 11) is 1.96. The van der Waals surface area contributed by atoms with Crippen molar-refractivity contribution in [1.82, 2.24) is 24.7 Å². The van der Waals surface area contributed by atoms with Crippen molar-refractivity contribution in [3.05, 3.63) is 29.2 Å². The average Bonchev–Trinajstić information content (AvgIpc) is 2.99. The van der Waals surface area contributed by atoms with Gasteiger partial charge in [-0.3, -0.25) is 4.68 Å². The van der Waals surface area contributed by atoms with Crippen molar-refractivity contribution in [2.75, 3.05) is 0 Å². The summed E-state index contributed by atoms with van der Waals surface area (Å²) in [6.07, 6.45) is 8.65. The number of aromatic amines is 1. The zero-order valence-corrected chi connectivity index (χ0v) is 12.8. The zero-order chi connectivity index (χ0) is 16.0. The molecule has 0 unspecified atom stereocenters. The third kappa shape index (κ3) is 2.19. The Morgan fingerprint density at radius 2 is 2.13 bits per heavy atom. The maximum absolute atomic E-state index is 11.3. The van der Waals surface area contributed by atoms with Crippen molar-refractivity contribution in [1.29, 1.82) is 0 Å². The van der Waals surface area contributed by atoms with Crippen LogP contribution in [0.15, 0.2) is 12.4 Å². The van der Waals surface area contributed by atoms with Gasteiger partial charge in [0.15, 0.2) is 5.65 Å². The molecule has 1 aliphatic rings. The quantitative estimate of drug-likeness (QED) is 0.708. The molecule has 0 atom stereocenters. The number of hydrogen-bond acceptors (Lipinski definition) is 4. The van der Waals surface area contributed by atoms with Crippen molar-refractivity contribution < 1.29 is 9.90 Å². The van der Waals surface area contributed by atoms with E-state index in [4.69, 9.17) is 0 Å². The molecule has 7 nitrogen and oxygen atoms in total. The van der Waals surface area contributed by atoms with Crippen LogP contribution >= 0.6 is 0 Å². The molecule has 3 aromatic heterocycles. The van der Waals surface area contributed by atoms with Crippen molar-refractivity contribution in [2.45, 2.75) is 32.1 Å². The molecule has 118 valence electrons. The minimum atomic E-state index is -1.01. The lowest BCUT2D eigenvalue weighted by Gasteiger charge is -2.02. The molecular weight excluding hydrogens is 294 g/mol. The highest BCUT2D eigenvalue weighted by Gasteiger charge is 2.21. The summed E-state index contributed by atoms with van der Waals surface area (Å²) in [5.41, 5.74) is 4.94. The summed E-state index contributed by atoms with van der Waals surface area (Å²) >= 11 is 0. The summed E-state index contributed by atoms with van der Waals surface area (Å²) in [6.45, 7) is 0. The Hall–Kier alpha value is -2.70. The molecule has 3 heterocycles. The molecule has 3 aromatic rings. The number of aromatic nitrogens is 5. The van der Waals surface area contributed by atoms with Crippen LogP contribution in [-0.4, -0.2) is 35.8 Å². The van der Waals surface area contributed by atoms with Crippen LogP contribution in [0.1, 0.15) is 40.9 Å². The van der Waals surface area contributed by atoms with E-state index in [1.54, 1.807) is 6.20 Å². The number of hydrogen-bond donors (Lipinski definition) is 2. The molecule has 0 aromatic carbocycles. The molecule has 0 radical (unpaired) electrons. The molecular formula is C16H17N5O2. The zero-order valence-electron chi connectivity index (χ0n) is 12.8. The van der Waals surface area contributed by atoms with Gasteiger partial charge in [0.25, 0.3) is 0 Å². The Morgan fingerprint density at radius 1 is 1.30 bits per heavy atom. The molecule has 2 N–H and O–H groups in total. The van der Waals surface area contributed by atoms with E-state index < -0.39 is 5.97 Å². The Morgan fingerprint density at radius 3 is 2.96 bits per heavy atom. The first-order valence-corrected chi connectivity index (χ1v) is 7.77. The second-order valence-corrected chi connectivity index (χ2v) is 5.92. The highest BCUT2D eigenvalue weighted by molar-refractivity contribution is 6.00. The molecule has 23 heavy (non-hydrogen) atoms. The van der Waals surface area contributed by atoms with E-state index in [1.165, 1.54) is 30.3 Å². The summed E-state index contributed by atoms with van der Waals surface area (Å²) in [6, 6.07) is 0. The fourth-order valence-corrected chi connectivity index (χ4v) is 3.32. The van der Waals surface area contributed by atoms with Crippen LogP contribution in [0.25, 0.3) is 22.6 Å². The van der Waals surface area contributed by atoms with Crippen LogP contribution in [0.2, 0.25) is 0 Å². The van der Waals surface area contributed by atoms with E-state index >= 15 is 0 Å². The Bertz CT molecular complexity index is 909. The number of carbonyl (C=O) groups is 1. The first kappa shape index (κ1) is 13.9. The van der Waals surface area contributed by atoms with Gasteiger partial charge in [0.05, 0.1) is 6.20 Å². The number of H-pyrrole nitrogens is 1. The topological polar surface area (TPSA) is 96.7 Å². The number of aryl methyl sites for hydroxylation is 1. The van der Waals surface area contributed by atoms with Gasteiger partial charge in [-0.2, -0.15) is 5.10 Å². The molecule has 1 aliphatic carbocycles. The predicted octanol–water partition coefficient (Wildman–Crippen LogP) is 2.33. The molecule has 0 saturated heterocycles. The fraction of sp³-hybridized carbons (Fsp3) is 0.375. The number of nitrogens with zero attached hydrogens (tertiary/aromatic N) is 4. The van der Waals surface area contributed by atoms with Crippen LogP contribution in [0, 0.1) is 0 Å². The van der Waals surface area contributed by atoms with Gasteiger partial charge in [0.1, 0.15) is 22.5 Å². The highest BCUT2D eigenvalue weighted by Crippen LogP contribution is 2.30. The summed E-state index contributed by atoms with van der Waals surface area (Å²) in [4.78, 5) is 23.0. The van der Waals surface area contributed by atoms with Crippen molar-refractivity contribution in [3.8, 4) is 11.4 Å². The summed E-state index contributed by atoms with van der Waals surface area (Å²) < 4.78 is 1.93. The van der Waals surface area contributed by atoms with Crippen LogP contribution in [0.5, 0.6) is 0 Å². The Kier molecular flexibility index (Phi) is 3.14. The summed E-state index contributed by atoms with van der Waals surface area (Å²) in [5, 5.41) is 13.9. The van der Waals surface area contributed by atoms with E-state index in [9.17, 15) is 9.90 Å². The van der Waals surface area contributed by atoms with Crippen molar-refractivity contribution >= 4 is 17.1 Å². The molecule has 0 spiro atoms. The summed E-state index contributed by atoms with van der Waals surface area (Å²) in [5.74, 6) is -1.01. The number of carboxylic acids is 1. The van der Waals surface area contributed by atoms with Gasteiger partial charge in [-0.1, -0.05) is 6.42 Å². The second kappa shape index (κ2) is 5.19. The first-order valence-electron chi connectivity index (χ1n) is 7.77. The van der Waals surface area contributed by atoms with Gasteiger partial charge in [-0.15, -0.1) is 0 Å². The maximum Gasteiger partial charge on any atom is 0.339 e. The van der Waals surface area contributed by atoms with E-state index in [2.05, 4.69) is 20.1 Å². The number of nitrogens with one attached hydrogen (secondary N) is 1. The molecule has 0 saturated carbocycles.